The molecule has 1 fully saturated rings. The maximum atomic E-state index is 6.27. The van der Waals surface area contributed by atoms with E-state index in [0.29, 0.717) is 29.2 Å². The molecule has 1 aliphatic carbocycles. The Bertz CT molecular complexity index is 856. The van der Waals surface area contributed by atoms with E-state index in [0.717, 1.165) is 29.7 Å². The van der Waals surface area contributed by atoms with E-state index in [1.165, 1.54) is 0 Å². The monoisotopic (exact) mass is 343 g/mol. The quantitative estimate of drug-likeness (QED) is 0.705. The Kier molecular flexibility index (Phi) is 3.85. The Morgan fingerprint density at radius 3 is 2.71 bits per heavy atom. The molecule has 0 bridgehead atoms. The zero-order chi connectivity index (χ0) is 16.6. The van der Waals surface area contributed by atoms with Crippen LogP contribution in [0.1, 0.15) is 36.8 Å². The van der Waals surface area contributed by atoms with E-state index in [4.69, 9.17) is 14.8 Å². The fraction of sp³-hybridized carbons (Fsp3) is 0.375. The first kappa shape index (κ1) is 15.3. The molecule has 1 aliphatic rings. The molecular formula is C16H17N5O2S. The molecule has 0 atom stereocenters. The molecule has 2 heterocycles. The summed E-state index contributed by atoms with van der Waals surface area (Å²) in [7, 11) is 0. The van der Waals surface area contributed by atoms with Crippen LogP contribution < -0.4 is 5.73 Å². The predicted molar refractivity (Wildman–Crippen MR) is 88.0 cm³/mol. The van der Waals surface area contributed by atoms with Gasteiger partial charge in [-0.3, -0.25) is 0 Å². The van der Waals surface area contributed by atoms with Gasteiger partial charge in [0.1, 0.15) is 0 Å². The van der Waals surface area contributed by atoms with Crippen LogP contribution in [0.3, 0.4) is 0 Å². The summed E-state index contributed by atoms with van der Waals surface area (Å²) >= 11 is 1.59. The third-order valence-corrected chi connectivity index (χ3v) is 5.21. The number of thioether (sulfide) groups is 1. The van der Waals surface area contributed by atoms with Gasteiger partial charge in [0.05, 0.1) is 16.9 Å². The van der Waals surface area contributed by atoms with Crippen LogP contribution in [0, 0.1) is 6.92 Å². The third kappa shape index (κ3) is 2.83. The Labute approximate surface area is 143 Å². The van der Waals surface area contributed by atoms with Gasteiger partial charge in [0.25, 0.3) is 5.89 Å². The van der Waals surface area contributed by atoms with Crippen LogP contribution in [0.2, 0.25) is 0 Å². The minimum Gasteiger partial charge on any atom is -0.338 e. The van der Waals surface area contributed by atoms with Crippen molar-refractivity contribution in [2.45, 2.75) is 42.4 Å². The molecular weight excluding hydrogens is 326 g/mol. The summed E-state index contributed by atoms with van der Waals surface area (Å²) in [6.07, 6.45) is 2.91. The van der Waals surface area contributed by atoms with E-state index >= 15 is 0 Å². The lowest BCUT2D eigenvalue weighted by Gasteiger charge is -2.34. The van der Waals surface area contributed by atoms with Crippen molar-refractivity contribution >= 4 is 11.8 Å². The molecule has 7 nitrogen and oxygen atoms in total. The fourth-order valence-corrected chi connectivity index (χ4v) is 3.51. The lowest BCUT2D eigenvalue weighted by atomic mass is 9.77. The van der Waals surface area contributed by atoms with Crippen LogP contribution in [-0.4, -0.2) is 20.3 Å². The van der Waals surface area contributed by atoms with Gasteiger partial charge in [-0.15, -0.1) is 11.8 Å². The van der Waals surface area contributed by atoms with Crippen molar-refractivity contribution in [3.05, 3.63) is 41.8 Å². The van der Waals surface area contributed by atoms with Gasteiger partial charge in [-0.25, -0.2) is 0 Å². The van der Waals surface area contributed by atoms with Gasteiger partial charge in [0.15, 0.2) is 11.6 Å². The molecule has 0 amide bonds. The maximum Gasteiger partial charge on any atom is 0.259 e. The number of aryl methyl sites for hydroxylation is 1. The topological polar surface area (TPSA) is 104 Å². The number of hydrogen-bond acceptors (Lipinski definition) is 8. The zero-order valence-corrected chi connectivity index (χ0v) is 14.0. The van der Waals surface area contributed by atoms with E-state index < -0.39 is 5.54 Å². The average molecular weight is 343 g/mol. The first-order valence-electron chi connectivity index (χ1n) is 7.78. The molecule has 124 valence electrons. The number of nitrogens with two attached hydrogens (primary N) is 1. The van der Waals surface area contributed by atoms with Crippen molar-refractivity contribution < 1.29 is 9.05 Å². The highest BCUT2D eigenvalue weighted by molar-refractivity contribution is 7.98. The van der Waals surface area contributed by atoms with Gasteiger partial charge in [-0.1, -0.05) is 22.4 Å². The Morgan fingerprint density at radius 1 is 1.17 bits per heavy atom. The van der Waals surface area contributed by atoms with Crippen molar-refractivity contribution in [2.24, 2.45) is 5.73 Å². The van der Waals surface area contributed by atoms with Gasteiger partial charge in [0.2, 0.25) is 5.89 Å². The van der Waals surface area contributed by atoms with Crippen molar-refractivity contribution in [3.8, 4) is 11.5 Å². The lowest BCUT2D eigenvalue weighted by molar-refractivity contribution is 0.229. The molecule has 0 aliphatic heterocycles. The molecule has 4 rings (SSSR count). The van der Waals surface area contributed by atoms with E-state index in [9.17, 15) is 0 Å². The number of benzene rings is 1. The second-order valence-electron chi connectivity index (χ2n) is 5.95. The van der Waals surface area contributed by atoms with Crippen LogP contribution in [0.15, 0.2) is 38.2 Å². The van der Waals surface area contributed by atoms with Crippen LogP contribution in [-0.2, 0) is 11.3 Å². The highest BCUT2D eigenvalue weighted by Crippen LogP contribution is 2.39. The van der Waals surface area contributed by atoms with Gasteiger partial charge in [0, 0.05) is 4.90 Å². The second kappa shape index (κ2) is 6.03. The highest BCUT2D eigenvalue weighted by Gasteiger charge is 2.39. The summed E-state index contributed by atoms with van der Waals surface area (Å²) in [5.74, 6) is 2.89. The van der Waals surface area contributed by atoms with Crippen LogP contribution in [0.25, 0.3) is 11.5 Å². The molecule has 1 aromatic carbocycles. The SMILES string of the molecule is Cc1noc(CSc2ccccc2-c2nc(C3(N)CCC3)no2)n1. The molecule has 24 heavy (non-hydrogen) atoms. The van der Waals surface area contributed by atoms with Crippen LogP contribution in [0.4, 0.5) is 0 Å². The Hall–Kier alpha value is -2.19. The first-order valence-corrected chi connectivity index (χ1v) is 8.77. The average Bonchev–Trinajstić information content (AvgIpc) is 3.20. The van der Waals surface area contributed by atoms with E-state index in [1.807, 2.05) is 24.3 Å². The van der Waals surface area contributed by atoms with Crippen molar-refractivity contribution in [1.29, 1.82) is 0 Å². The van der Waals surface area contributed by atoms with Gasteiger partial charge >= 0.3 is 0 Å². The second-order valence-corrected chi connectivity index (χ2v) is 6.97. The molecule has 1 saturated carbocycles. The number of hydrogen-bond donors (Lipinski definition) is 1. The highest BCUT2D eigenvalue weighted by atomic mass is 32.2. The molecule has 0 saturated heterocycles. The lowest BCUT2D eigenvalue weighted by Crippen LogP contribution is -2.44. The zero-order valence-electron chi connectivity index (χ0n) is 13.2. The maximum absolute atomic E-state index is 6.27. The Balaban J connectivity index is 1.57. The van der Waals surface area contributed by atoms with Gasteiger partial charge in [-0.05, 0) is 38.3 Å². The Morgan fingerprint density at radius 2 is 2.00 bits per heavy atom. The minimum atomic E-state index is -0.425. The molecule has 3 aromatic rings. The standard InChI is InChI=1S/C16H17N5O2S/c1-10-18-13(22-20-10)9-24-12-6-3-2-5-11(12)14-19-15(21-23-14)16(17)7-4-8-16/h2-3,5-6H,4,7-9,17H2,1H3. The largest absolute Gasteiger partial charge is 0.338 e. The summed E-state index contributed by atoms with van der Waals surface area (Å²) in [4.78, 5) is 9.76. The smallest absolute Gasteiger partial charge is 0.259 e. The third-order valence-electron chi connectivity index (χ3n) is 4.16. The van der Waals surface area contributed by atoms with Crippen molar-refractivity contribution in [1.82, 2.24) is 20.3 Å². The van der Waals surface area contributed by atoms with Crippen molar-refractivity contribution in [3.63, 3.8) is 0 Å². The number of rotatable bonds is 5. The molecule has 0 unspecified atom stereocenters. The normalized spacial score (nSPS) is 16.1. The summed E-state index contributed by atoms with van der Waals surface area (Å²) in [6.45, 7) is 1.80. The molecule has 2 aromatic heterocycles. The van der Waals surface area contributed by atoms with Crippen LogP contribution >= 0.6 is 11.8 Å². The minimum absolute atomic E-state index is 0.425. The summed E-state index contributed by atoms with van der Waals surface area (Å²) < 4.78 is 10.6. The van der Waals surface area contributed by atoms with Crippen molar-refractivity contribution in [2.75, 3.05) is 0 Å². The molecule has 2 N–H and O–H groups in total. The van der Waals surface area contributed by atoms with E-state index in [-0.39, 0.29) is 0 Å². The summed E-state index contributed by atoms with van der Waals surface area (Å²) in [5.41, 5.74) is 6.74. The predicted octanol–water partition coefficient (Wildman–Crippen LogP) is 3.06. The van der Waals surface area contributed by atoms with Gasteiger partial charge < -0.3 is 14.8 Å². The van der Waals surface area contributed by atoms with E-state index in [2.05, 4.69) is 20.3 Å². The first-order chi connectivity index (χ1) is 11.6. The fourth-order valence-electron chi connectivity index (χ4n) is 2.62. The summed E-state index contributed by atoms with van der Waals surface area (Å²) in [6, 6.07) is 7.89. The van der Waals surface area contributed by atoms with Gasteiger partial charge in [-0.2, -0.15) is 9.97 Å². The summed E-state index contributed by atoms with van der Waals surface area (Å²) in [5, 5.41) is 7.89. The molecule has 0 radical (unpaired) electrons. The van der Waals surface area contributed by atoms with Crippen LogP contribution in [0.5, 0.6) is 0 Å². The number of aromatic nitrogens is 4. The molecule has 0 spiro atoms. The number of nitrogens with zero attached hydrogens (tertiary/aromatic N) is 4. The molecule has 8 heteroatoms. The van der Waals surface area contributed by atoms with E-state index in [1.54, 1.807) is 18.7 Å².